The molecule has 0 fully saturated rings. The molecule has 0 spiro atoms. The molecule has 0 bridgehead atoms. The number of hydrogen-bond acceptors (Lipinski definition) is 4. The number of ether oxygens (including phenoxy) is 1. The van der Waals surface area contributed by atoms with Crippen molar-refractivity contribution in [1.29, 1.82) is 0 Å². The van der Waals surface area contributed by atoms with E-state index >= 15 is 0 Å². The van der Waals surface area contributed by atoms with E-state index in [1.54, 1.807) is 6.07 Å². The smallest absolute Gasteiger partial charge is 0.407 e. The number of alkyl carbamates (subject to hydrolysis) is 1. The van der Waals surface area contributed by atoms with Crippen LogP contribution in [0.5, 0.6) is 5.75 Å². The maximum Gasteiger partial charge on any atom is 0.407 e. The van der Waals surface area contributed by atoms with Gasteiger partial charge >= 0.3 is 6.09 Å². The maximum absolute atomic E-state index is 11.4. The summed E-state index contributed by atoms with van der Waals surface area (Å²) in [6, 6.07) is 5.53. The number of aromatic hydroxyl groups is 1. The summed E-state index contributed by atoms with van der Waals surface area (Å²) in [6.45, 7) is 9.14. The van der Waals surface area contributed by atoms with Crippen LogP contribution in [0.3, 0.4) is 0 Å². The Balaban J connectivity index is 2.19. The van der Waals surface area contributed by atoms with Crippen molar-refractivity contribution in [2.45, 2.75) is 39.8 Å². The van der Waals surface area contributed by atoms with Crippen molar-refractivity contribution in [2.75, 3.05) is 13.1 Å². The van der Waals surface area contributed by atoms with Gasteiger partial charge in [-0.1, -0.05) is 29.8 Å². The number of hydrogen-bond donors (Lipinski definition) is 3. The molecule has 122 valence electrons. The third-order valence-electron chi connectivity index (χ3n) is 2.74. The Morgan fingerprint density at radius 3 is 2.64 bits per heavy atom. The molecule has 1 aromatic carbocycles. The van der Waals surface area contributed by atoms with E-state index in [2.05, 4.69) is 10.6 Å². The lowest BCUT2D eigenvalue weighted by molar-refractivity contribution is 0.0534. The Morgan fingerprint density at radius 2 is 1.95 bits per heavy atom. The van der Waals surface area contributed by atoms with E-state index in [9.17, 15) is 9.90 Å². The minimum Gasteiger partial charge on any atom is -0.508 e. The molecule has 3 N–H and O–H groups in total. The van der Waals surface area contributed by atoms with Gasteiger partial charge in [0, 0.05) is 25.2 Å². The average molecular weight is 306 g/mol. The van der Waals surface area contributed by atoms with Gasteiger partial charge < -0.3 is 20.5 Å². The number of carbonyl (C=O) groups excluding carboxylic acids is 1. The van der Waals surface area contributed by atoms with Gasteiger partial charge in [-0.15, -0.1) is 0 Å². The van der Waals surface area contributed by atoms with Crippen LogP contribution >= 0.6 is 0 Å². The molecular formula is C17H26N2O3. The minimum atomic E-state index is -0.481. The monoisotopic (exact) mass is 306 g/mol. The van der Waals surface area contributed by atoms with Crippen LogP contribution < -0.4 is 10.6 Å². The Labute approximate surface area is 132 Å². The van der Waals surface area contributed by atoms with E-state index in [1.807, 2.05) is 52.0 Å². The van der Waals surface area contributed by atoms with Crippen LogP contribution in [0, 0.1) is 6.92 Å². The van der Waals surface area contributed by atoms with Gasteiger partial charge in [0.25, 0.3) is 0 Å². The predicted molar refractivity (Wildman–Crippen MR) is 87.9 cm³/mol. The molecule has 22 heavy (non-hydrogen) atoms. The lowest BCUT2D eigenvalue weighted by Gasteiger charge is -2.19. The maximum atomic E-state index is 11.4. The van der Waals surface area contributed by atoms with Gasteiger partial charge in [0.05, 0.1) is 0 Å². The van der Waals surface area contributed by atoms with Crippen LogP contribution in [0.2, 0.25) is 0 Å². The van der Waals surface area contributed by atoms with Gasteiger partial charge in [0.2, 0.25) is 0 Å². The van der Waals surface area contributed by atoms with Gasteiger partial charge in [-0.2, -0.15) is 0 Å². The number of nitrogens with one attached hydrogen (secondary N) is 2. The predicted octanol–water partition coefficient (Wildman–Crippen LogP) is 2.87. The average Bonchev–Trinajstić information content (AvgIpc) is 2.39. The first-order chi connectivity index (χ1) is 10.3. The zero-order chi connectivity index (χ0) is 16.6. The largest absolute Gasteiger partial charge is 0.508 e. The Hall–Kier alpha value is -2.01. The van der Waals surface area contributed by atoms with Crippen LogP contribution in [-0.2, 0) is 11.3 Å². The number of aryl methyl sites for hydroxylation is 1. The first-order valence-corrected chi connectivity index (χ1v) is 7.39. The molecule has 0 heterocycles. The fourth-order valence-corrected chi connectivity index (χ4v) is 1.77. The van der Waals surface area contributed by atoms with Crippen molar-refractivity contribution in [3.8, 4) is 5.75 Å². The van der Waals surface area contributed by atoms with Crippen LogP contribution in [0.25, 0.3) is 0 Å². The molecule has 0 aromatic heterocycles. The van der Waals surface area contributed by atoms with Gasteiger partial charge in [-0.25, -0.2) is 4.79 Å². The molecule has 0 saturated carbocycles. The zero-order valence-corrected chi connectivity index (χ0v) is 13.8. The highest BCUT2D eigenvalue weighted by Crippen LogP contribution is 2.17. The second-order valence-corrected chi connectivity index (χ2v) is 6.12. The highest BCUT2D eigenvalue weighted by atomic mass is 16.6. The normalized spacial score (nSPS) is 11.6. The quantitative estimate of drug-likeness (QED) is 0.558. The van der Waals surface area contributed by atoms with E-state index in [1.165, 1.54) is 0 Å². The first-order valence-electron chi connectivity index (χ1n) is 7.39. The number of benzene rings is 1. The highest BCUT2D eigenvalue weighted by Gasteiger charge is 2.14. The minimum absolute atomic E-state index is 0.300. The number of rotatable bonds is 6. The molecule has 0 aliphatic carbocycles. The van der Waals surface area contributed by atoms with E-state index in [-0.39, 0.29) is 0 Å². The van der Waals surface area contributed by atoms with Crippen LogP contribution in [0.15, 0.2) is 30.4 Å². The summed E-state index contributed by atoms with van der Waals surface area (Å²) in [5.41, 5.74) is 1.51. The number of phenols is 1. The molecule has 0 aliphatic heterocycles. The van der Waals surface area contributed by atoms with E-state index in [4.69, 9.17) is 4.74 Å². The van der Waals surface area contributed by atoms with Gasteiger partial charge in [0.1, 0.15) is 11.4 Å². The van der Waals surface area contributed by atoms with Crippen molar-refractivity contribution in [3.05, 3.63) is 41.5 Å². The SMILES string of the molecule is Cc1ccc(O)c(CNC/C=C/CNC(=O)OC(C)(C)C)c1. The topological polar surface area (TPSA) is 70.6 Å². The molecule has 1 aromatic rings. The number of amides is 1. The molecule has 5 nitrogen and oxygen atoms in total. The lowest BCUT2D eigenvalue weighted by Crippen LogP contribution is -2.32. The van der Waals surface area contributed by atoms with Crippen molar-refractivity contribution in [2.24, 2.45) is 0 Å². The molecule has 0 aliphatic rings. The summed E-state index contributed by atoms with van der Waals surface area (Å²) < 4.78 is 5.12. The zero-order valence-electron chi connectivity index (χ0n) is 13.8. The second-order valence-electron chi connectivity index (χ2n) is 6.12. The van der Waals surface area contributed by atoms with E-state index in [0.717, 1.165) is 11.1 Å². The van der Waals surface area contributed by atoms with Crippen molar-refractivity contribution >= 4 is 6.09 Å². The van der Waals surface area contributed by atoms with Gasteiger partial charge in [-0.3, -0.25) is 0 Å². The molecule has 0 radical (unpaired) electrons. The van der Waals surface area contributed by atoms with Crippen molar-refractivity contribution in [1.82, 2.24) is 10.6 Å². The molecule has 0 atom stereocenters. The lowest BCUT2D eigenvalue weighted by atomic mass is 10.1. The summed E-state index contributed by atoms with van der Waals surface area (Å²) in [6.07, 6.45) is 3.35. The number of phenolic OH excluding ortho intramolecular Hbond substituents is 1. The van der Waals surface area contributed by atoms with E-state index in [0.29, 0.717) is 25.4 Å². The van der Waals surface area contributed by atoms with Crippen LogP contribution in [0.4, 0.5) is 4.79 Å². The Bertz CT molecular complexity index is 519. The van der Waals surface area contributed by atoms with Gasteiger partial charge in [0.15, 0.2) is 0 Å². The standard InChI is InChI=1S/C17H26N2O3/c1-13-7-8-15(20)14(11-13)12-18-9-5-6-10-19-16(21)22-17(2,3)4/h5-8,11,18,20H,9-10,12H2,1-4H3,(H,19,21)/b6-5+. The summed E-state index contributed by atoms with van der Waals surface area (Å²) in [7, 11) is 0. The first kappa shape index (κ1) is 18.0. The summed E-state index contributed by atoms with van der Waals surface area (Å²) >= 11 is 0. The fraction of sp³-hybridized carbons (Fsp3) is 0.471. The van der Waals surface area contributed by atoms with Crippen LogP contribution in [0.1, 0.15) is 31.9 Å². The molecule has 0 unspecified atom stereocenters. The third kappa shape index (κ3) is 7.69. The second kappa shape index (κ2) is 8.44. The van der Waals surface area contributed by atoms with Crippen molar-refractivity contribution < 1.29 is 14.6 Å². The Kier molecular flexibility index (Phi) is 6.92. The Morgan fingerprint density at radius 1 is 1.27 bits per heavy atom. The molecule has 0 saturated heterocycles. The molecular weight excluding hydrogens is 280 g/mol. The van der Waals surface area contributed by atoms with Crippen LogP contribution in [-0.4, -0.2) is 29.9 Å². The number of carbonyl (C=O) groups is 1. The molecule has 5 heteroatoms. The molecule has 1 amide bonds. The fourth-order valence-electron chi connectivity index (χ4n) is 1.77. The van der Waals surface area contributed by atoms with Crippen molar-refractivity contribution in [3.63, 3.8) is 0 Å². The van der Waals surface area contributed by atoms with Gasteiger partial charge in [-0.05, 0) is 33.8 Å². The highest BCUT2D eigenvalue weighted by molar-refractivity contribution is 5.67. The third-order valence-corrected chi connectivity index (χ3v) is 2.74. The molecule has 1 rings (SSSR count). The summed E-state index contributed by atoms with van der Waals surface area (Å²) in [5.74, 6) is 0.300. The van der Waals surface area contributed by atoms with E-state index < -0.39 is 11.7 Å². The summed E-state index contributed by atoms with van der Waals surface area (Å²) in [5, 5.41) is 15.6. The summed E-state index contributed by atoms with van der Waals surface area (Å²) in [4.78, 5) is 11.4.